The van der Waals surface area contributed by atoms with Crippen molar-refractivity contribution >= 4 is 43.6 Å². The zero-order chi connectivity index (χ0) is 38.4. The Kier molecular flexibility index (Phi) is 8.11. The van der Waals surface area contributed by atoms with Gasteiger partial charge in [-0.3, -0.25) is 0 Å². The molecule has 0 saturated carbocycles. The van der Waals surface area contributed by atoms with Crippen LogP contribution < -0.4 is 0 Å². The number of pyridine rings is 4. The zero-order valence-electron chi connectivity index (χ0n) is 31.4. The molecule has 11 aromatic rings. The Morgan fingerprint density at radius 1 is 0.190 bits per heavy atom. The molecule has 4 heterocycles. The highest BCUT2D eigenvalue weighted by molar-refractivity contribution is 6.05. The van der Waals surface area contributed by atoms with Crippen LogP contribution in [0.5, 0.6) is 0 Å². The summed E-state index contributed by atoms with van der Waals surface area (Å²) in [5, 5.41) is 4.29. The maximum Gasteiger partial charge on any atom is 0.0972 e. The Labute approximate surface area is 335 Å². The summed E-state index contributed by atoms with van der Waals surface area (Å²) in [5.41, 5.74) is 16.2. The molecule has 0 radical (unpaired) electrons. The van der Waals surface area contributed by atoms with E-state index in [-0.39, 0.29) is 0 Å². The number of nitrogens with zero attached hydrogens (tertiary/aromatic N) is 4. The average molecular weight is 739 g/mol. The van der Waals surface area contributed by atoms with Crippen LogP contribution in [0.1, 0.15) is 0 Å². The normalized spacial score (nSPS) is 11.4. The smallest absolute Gasteiger partial charge is 0.0972 e. The van der Waals surface area contributed by atoms with E-state index in [1.54, 1.807) is 0 Å². The molecule has 0 aliphatic rings. The first-order chi connectivity index (χ1) is 28.7. The maximum atomic E-state index is 5.23. The molecule has 4 heteroatoms. The van der Waals surface area contributed by atoms with E-state index in [9.17, 15) is 0 Å². The zero-order valence-corrected chi connectivity index (χ0v) is 31.4. The lowest BCUT2D eigenvalue weighted by molar-refractivity contribution is 1.36. The fourth-order valence-electron chi connectivity index (χ4n) is 7.99. The van der Waals surface area contributed by atoms with Gasteiger partial charge in [-0.2, -0.15) is 0 Å². The highest BCUT2D eigenvalue weighted by Gasteiger charge is 2.12. The molecule has 0 saturated heterocycles. The Morgan fingerprint density at radius 3 is 0.759 bits per heavy atom. The van der Waals surface area contributed by atoms with Crippen molar-refractivity contribution in [1.82, 2.24) is 19.9 Å². The Morgan fingerprint density at radius 2 is 0.431 bits per heavy atom. The van der Waals surface area contributed by atoms with Gasteiger partial charge in [-0.1, -0.05) is 164 Å². The average Bonchev–Trinajstić information content (AvgIpc) is 3.31. The van der Waals surface area contributed by atoms with Gasteiger partial charge in [0, 0.05) is 43.8 Å². The summed E-state index contributed by atoms with van der Waals surface area (Å²) in [7, 11) is 0. The van der Waals surface area contributed by atoms with E-state index >= 15 is 0 Å². The third-order valence-electron chi connectivity index (χ3n) is 11.0. The fourth-order valence-corrected chi connectivity index (χ4v) is 7.99. The molecule has 0 N–H and O–H groups in total. The minimum atomic E-state index is 0.905. The summed E-state index contributed by atoms with van der Waals surface area (Å²) >= 11 is 0. The van der Waals surface area contributed by atoms with Crippen LogP contribution in [0.4, 0.5) is 0 Å². The van der Waals surface area contributed by atoms with Crippen molar-refractivity contribution in [2.24, 2.45) is 0 Å². The Balaban J connectivity index is 0.928. The van der Waals surface area contributed by atoms with Crippen LogP contribution in [-0.2, 0) is 0 Å². The number of hydrogen-bond acceptors (Lipinski definition) is 4. The predicted molar refractivity (Wildman–Crippen MR) is 240 cm³/mol. The number of benzene rings is 7. The van der Waals surface area contributed by atoms with Crippen LogP contribution in [0.3, 0.4) is 0 Å². The molecule has 0 fully saturated rings. The summed E-state index contributed by atoms with van der Waals surface area (Å²) in [6, 6.07) is 72.2. The monoisotopic (exact) mass is 738 g/mol. The Hall–Kier alpha value is -7.82. The summed E-state index contributed by atoms with van der Waals surface area (Å²) in [5.74, 6) is 0. The minimum Gasteiger partial charge on any atom is -0.245 e. The summed E-state index contributed by atoms with van der Waals surface area (Å²) in [6.45, 7) is 0. The van der Waals surface area contributed by atoms with Crippen molar-refractivity contribution in [3.8, 4) is 67.3 Å². The van der Waals surface area contributed by atoms with Gasteiger partial charge in [0.15, 0.2) is 0 Å². The lowest BCUT2D eigenvalue weighted by Crippen LogP contribution is -1.91. The maximum absolute atomic E-state index is 5.23. The van der Waals surface area contributed by atoms with Crippen LogP contribution in [0, 0.1) is 0 Å². The molecule has 0 aliphatic heterocycles. The van der Waals surface area contributed by atoms with Crippen molar-refractivity contribution in [3.05, 3.63) is 206 Å². The second kappa shape index (κ2) is 14.0. The van der Waals surface area contributed by atoms with E-state index in [1.807, 2.05) is 36.4 Å². The van der Waals surface area contributed by atoms with Crippen molar-refractivity contribution in [2.75, 3.05) is 0 Å². The second-order valence-electron chi connectivity index (χ2n) is 14.7. The van der Waals surface area contributed by atoms with E-state index < -0.39 is 0 Å². The minimum absolute atomic E-state index is 0.905. The molecule has 4 aromatic heterocycles. The first kappa shape index (κ1) is 33.5. The molecule has 0 bridgehead atoms. The summed E-state index contributed by atoms with van der Waals surface area (Å²) in [6.07, 6.45) is 0. The van der Waals surface area contributed by atoms with Crippen LogP contribution in [0.25, 0.3) is 111 Å². The number of hydrogen-bond donors (Lipinski definition) is 0. The first-order valence-electron chi connectivity index (χ1n) is 19.5. The molecule has 4 nitrogen and oxygen atoms in total. The van der Waals surface area contributed by atoms with Gasteiger partial charge in [-0.05, 0) is 64.7 Å². The molecular weight excluding hydrogens is 705 g/mol. The molecule has 7 aromatic carbocycles. The van der Waals surface area contributed by atoms with E-state index in [0.29, 0.717) is 0 Å². The largest absolute Gasteiger partial charge is 0.245 e. The highest BCUT2D eigenvalue weighted by atomic mass is 14.8. The number of rotatable bonds is 6. The van der Waals surface area contributed by atoms with E-state index in [0.717, 1.165) is 111 Å². The van der Waals surface area contributed by atoms with Crippen LogP contribution >= 0.6 is 0 Å². The van der Waals surface area contributed by atoms with Gasteiger partial charge in [-0.15, -0.1) is 0 Å². The molecular formula is C54H34N4. The lowest BCUT2D eigenvalue weighted by Gasteiger charge is -2.11. The van der Waals surface area contributed by atoms with Gasteiger partial charge in [0.25, 0.3) is 0 Å². The number of fused-ring (bicyclic) bond motifs is 6. The van der Waals surface area contributed by atoms with E-state index in [1.165, 1.54) is 0 Å². The van der Waals surface area contributed by atoms with Crippen molar-refractivity contribution in [1.29, 1.82) is 0 Å². The molecule has 0 amide bonds. The molecule has 0 atom stereocenters. The summed E-state index contributed by atoms with van der Waals surface area (Å²) < 4.78 is 0. The highest BCUT2D eigenvalue weighted by Crippen LogP contribution is 2.34. The Bertz CT molecular complexity index is 3120. The van der Waals surface area contributed by atoms with Crippen LogP contribution in [0.15, 0.2) is 206 Å². The quantitative estimate of drug-likeness (QED) is 0.159. The SMILES string of the molecule is c1ccc(-c2ccc3ccc4ccc(-c5cccc(-c6cccc(-c7cccc(-c8ccc9ccc%10ccc(-c%11ccccc%11)nc%10c9n8)c7)c6)c5)nc4c3n2)cc1. The third kappa shape index (κ3) is 6.14. The number of aromatic nitrogens is 4. The van der Waals surface area contributed by atoms with Crippen molar-refractivity contribution in [3.63, 3.8) is 0 Å². The van der Waals surface area contributed by atoms with Crippen LogP contribution in [-0.4, -0.2) is 19.9 Å². The molecule has 58 heavy (non-hydrogen) atoms. The predicted octanol–water partition coefficient (Wildman–Crippen LogP) is 13.9. The van der Waals surface area contributed by atoms with E-state index in [4.69, 9.17) is 19.9 Å². The second-order valence-corrected chi connectivity index (χ2v) is 14.7. The topological polar surface area (TPSA) is 51.6 Å². The van der Waals surface area contributed by atoms with Gasteiger partial charge in [-0.25, -0.2) is 19.9 Å². The molecule has 270 valence electrons. The van der Waals surface area contributed by atoms with E-state index in [2.05, 4.69) is 170 Å². The van der Waals surface area contributed by atoms with Crippen LogP contribution in [0.2, 0.25) is 0 Å². The molecule has 0 spiro atoms. The van der Waals surface area contributed by atoms with Crippen molar-refractivity contribution in [2.45, 2.75) is 0 Å². The van der Waals surface area contributed by atoms with Crippen molar-refractivity contribution < 1.29 is 0 Å². The van der Waals surface area contributed by atoms with Gasteiger partial charge < -0.3 is 0 Å². The fraction of sp³-hybridized carbons (Fsp3) is 0. The van der Waals surface area contributed by atoms with Gasteiger partial charge >= 0.3 is 0 Å². The molecule has 11 rings (SSSR count). The standard InChI is InChI=1S/C54H34N4/c1-3-10-35(11-4-1)47-28-24-37-20-22-39-26-30-49(57-53(39)51(37)55-47)45-18-8-16-43(33-45)41-14-7-15-42(32-41)44-17-9-19-46(34-44)50-31-27-40-23-21-38-25-29-48(36-12-5-2-6-13-36)56-52(38)54(40)58-50/h1-34H. The first-order valence-corrected chi connectivity index (χ1v) is 19.5. The van der Waals surface area contributed by atoms with Gasteiger partial charge in [0.2, 0.25) is 0 Å². The summed E-state index contributed by atoms with van der Waals surface area (Å²) in [4.78, 5) is 20.7. The molecule has 0 aliphatic carbocycles. The lowest BCUT2D eigenvalue weighted by atomic mass is 9.96. The van der Waals surface area contributed by atoms with Gasteiger partial charge in [0.05, 0.1) is 44.8 Å². The van der Waals surface area contributed by atoms with Gasteiger partial charge in [0.1, 0.15) is 0 Å². The molecule has 0 unspecified atom stereocenters. The third-order valence-corrected chi connectivity index (χ3v) is 11.0.